The Bertz CT molecular complexity index is 607. The van der Waals surface area contributed by atoms with Gasteiger partial charge in [0.25, 0.3) is 0 Å². The largest absolute Gasteiger partial charge is 0.478 e. The molecule has 2 aromatic rings. The molecule has 1 N–H and O–H groups in total. The van der Waals surface area contributed by atoms with Gasteiger partial charge in [-0.25, -0.2) is 14.5 Å². The van der Waals surface area contributed by atoms with Gasteiger partial charge in [0.2, 0.25) is 5.91 Å². The van der Waals surface area contributed by atoms with Crippen molar-refractivity contribution >= 4 is 28.4 Å². The van der Waals surface area contributed by atoms with Crippen LogP contribution in [0.15, 0.2) is 12.7 Å². The smallest absolute Gasteiger partial charge is 0.340 e. The van der Waals surface area contributed by atoms with Crippen molar-refractivity contribution in [3.63, 3.8) is 0 Å². The third kappa shape index (κ3) is 2.60. The Morgan fingerprint density at radius 1 is 1.53 bits per heavy atom. The second-order valence-corrected chi connectivity index (χ2v) is 4.55. The lowest BCUT2D eigenvalue weighted by molar-refractivity contribution is -0.119. The van der Waals surface area contributed by atoms with E-state index in [1.54, 1.807) is 6.92 Å². The molecule has 0 fully saturated rings. The molecule has 0 aliphatic heterocycles. The number of carbonyl (C=O) groups excluding carboxylic acids is 1. The highest BCUT2D eigenvalue weighted by molar-refractivity contribution is 7.11. The van der Waals surface area contributed by atoms with Crippen molar-refractivity contribution in [1.82, 2.24) is 19.1 Å². The number of amides is 1. The van der Waals surface area contributed by atoms with Gasteiger partial charge in [-0.2, -0.15) is 9.47 Å². The van der Waals surface area contributed by atoms with E-state index in [0.717, 1.165) is 11.5 Å². The number of nitrogens with zero attached hydrogens (tertiary/aromatic N) is 5. The van der Waals surface area contributed by atoms with Crippen molar-refractivity contribution < 1.29 is 14.7 Å². The van der Waals surface area contributed by atoms with Gasteiger partial charge in [0.05, 0.1) is 5.69 Å². The molecule has 100 valence electrons. The third-order valence-electron chi connectivity index (χ3n) is 2.50. The maximum Gasteiger partial charge on any atom is 0.340 e. The average Bonchev–Trinajstić information content (AvgIpc) is 2.97. The van der Waals surface area contributed by atoms with Crippen molar-refractivity contribution in [3.05, 3.63) is 23.9 Å². The lowest BCUT2D eigenvalue weighted by atomic mass is 10.2. The molecule has 8 nitrogen and oxygen atoms in total. The first-order valence-corrected chi connectivity index (χ1v) is 6.06. The summed E-state index contributed by atoms with van der Waals surface area (Å²) in [5, 5.41) is 13.3. The topological polar surface area (TPSA) is 101 Å². The number of aromatic nitrogens is 4. The van der Waals surface area contributed by atoms with Gasteiger partial charge in [-0.15, -0.1) is 0 Å². The molecule has 2 aromatic heterocycles. The van der Waals surface area contributed by atoms with Crippen LogP contribution in [0.1, 0.15) is 16.1 Å². The molecule has 2 heterocycles. The van der Waals surface area contributed by atoms with Crippen LogP contribution in [0, 0.1) is 6.92 Å². The van der Waals surface area contributed by atoms with E-state index in [2.05, 4.69) is 14.5 Å². The van der Waals surface area contributed by atoms with E-state index in [1.165, 1.54) is 29.3 Å². The van der Waals surface area contributed by atoms with Crippen molar-refractivity contribution in [3.8, 4) is 0 Å². The Morgan fingerprint density at radius 2 is 2.26 bits per heavy atom. The lowest BCUT2D eigenvalue weighted by Gasteiger charge is -2.15. The number of aromatic carboxylic acids is 1. The van der Waals surface area contributed by atoms with Crippen LogP contribution in [0.4, 0.5) is 5.00 Å². The van der Waals surface area contributed by atoms with E-state index in [9.17, 15) is 9.59 Å². The van der Waals surface area contributed by atoms with E-state index in [1.807, 2.05) is 0 Å². The molecule has 0 saturated carbocycles. The van der Waals surface area contributed by atoms with Crippen LogP contribution in [0.5, 0.6) is 0 Å². The van der Waals surface area contributed by atoms with E-state index in [-0.39, 0.29) is 18.0 Å². The van der Waals surface area contributed by atoms with E-state index in [0.29, 0.717) is 10.7 Å². The van der Waals surface area contributed by atoms with Gasteiger partial charge in [0, 0.05) is 7.05 Å². The number of carboxylic acid groups (broad SMARTS) is 1. The third-order valence-corrected chi connectivity index (χ3v) is 3.52. The van der Waals surface area contributed by atoms with Crippen molar-refractivity contribution in [1.29, 1.82) is 0 Å². The van der Waals surface area contributed by atoms with Crippen LogP contribution in [0.25, 0.3) is 0 Å². The zero-order valence-corrected chi connectivity index (χ0v) is 11.1. The van der Waals surface area contributed by atoms with Gasteiger partial charge < -0.3 is 10.0 Å². The van der Waals surface area contributed by atoms with Crippen LogP contribution >= 0.6 is 11.5 Å². The summed E-state index contributed by atoms with van der Waals surface area (Å²) in [7, 11) is 1.51. The molecular weight excluding hydrogens is 270 g/mol. The van der Waals surface area contributed by atoms with Gasteiger partial charge in [-0.3, -0.25) is 4.79 Å². The fourth-order valence-corrected chi connectivity index (χ4v) is 2.37. The van der Waals surface area contributed by atoms with Gasteiger partial charge in [-0.1, -0.05) is 0 Å². The van der Waals surface area contributed by atoms with Crippen LogP contribution < -0.4 is 4.90 Å². The lowest BCUT2D eigenvalue weighted by Crippen LogP contribution is -2.30. The maximum absolute atomic E-state index is 12.0. The summed E-state index contributed by atoms with van der Waals surface area (Å²) in [6.07, 6.45) is 2.74. The highest BCUT2D eigenvalue weighted by Gasteiger charge is 2.23. The van der Waals surface area contributed by atoms with Crippen molar-refractivity contribution in [2.45, 2.75) is 13.5 Å². The maximum atomic E-state index is 12.0. The normalized spacial score (nSPS) is 10.4. The summed E-state index contributed by atoms with van der Waals surface area (Å²) >= 11 is 0.983. The van der Waals surface area contributed by atoms with Gasteiger partial charge in [-0.05, 0) is 18.5 Å². The predicted octanol–water partition coefficient (Wildman–Crippen LogP) is 0.404. The summed E-state index contributed by atoms with van der Waals surface area (Å²) in [6, 6.07) is 0. The van der Waals surface area contributed by atoms with Crippen molar-refractivity contribution in [2.24, 2.45) is 0 Å². The predicted molar refractivity (Wildman–Crippen MR) is 67.2 cm³/mol. The molecule has 0 aliphatic rings. The Kier molecular flexibility index (Phi) is 3.56. The van der Waals surface area contributed by atoms with Crippen LogP contribution in [0.2, 0.25) is 0 Å². The van der Waals surface area contributed by atoms with E-state index < -0.39 is 5.97 Å². The fraction of sp³-hybridized carbons (Fsp3) is 0.300. The number of carbonyl (C=O) groups is 2. The Labute approximate surface area is 112 Å². The number of aryl methyl sites for hydroxylation is 1. The molecule has 0 aromatic carbocycles. The quantitative estimate of drug-likeness (QED) is 0.870. The zero-order valence-electron chi connectivity index (χ0n) is 10.3. The molecule has 0 spiro atoms. The molecule has 0 atom stereocenters. The number of hydrogen-bond acceptors (Lipinski definition) is 6. The summed E-state index contributed by atoms with van der Waals surface area (Å²) in [6.45, 7) is 1.59. The van der Waals surface area contributed by atoms with Crippen LogP contribution in [0.3, 0.4) is 0 Å². The molecular formula is C10H11N5O3S. The summed E-state index contributed by atoms with van der Waals surface area (Å²) in [4.78, 5) is 28.2. The molecule has 0 saturated heterocycles. The zero-order chi connectivity index (χ0) is 14.0. The second-order valence-electron chi connectivity index (χ2n) is 3.80. The highest BCUT2D eigenvalue weighted by atomic mass is 32.1. The second kappa shape index (κ2) is 5.14. The summed E-state index contributed by atoms with van der Waals surface area (Å²) in [5.74, 6) is -1.39. The summed E-state index contributed by atoms with van der Waals surface area (Å²) < 4.78 is 5.34. The van der Waals surface area contributed by atoms with E-state index >= 15 is 0 Å². The minimum absolute atomic E-state index is 0.00743. The van der Waals surface area contributed by atoms with Gasteiger partial charge in [0.1, 0.15) is 29.8 Å². The van der Waals surface area contributed by atoms with Crippen LogP contribution in [-0.4, -0.2) is 43.2 Å². The first kappa shape index (κ1) is 13.1. The molecule has 0 radical (unpaired) electrons. The Morgan fingerprint density at radius 3 is 2.84 bits per heavy atom. The molecule has 1 amide bonds. The summed E-state index contributed by atoms with van der Waals surface area (Å²) in [5.41, 5.74) is 0.451. The molecule has 19 heavy (non-hydrogen) atoms. The standard InChI is InChI=1S/C10H11N5O3S/c1-6-8(10(17)18)9(19-13-6)14(2)7(16)3-15-5-11-4-12-15/h4-5H,3H2,1-2H3,(H,17,18). The number of likely N-dealkylation sites (N-methyl/N-ethyl adjacent to an activating group) is 1. The first-order valence-electron chi connectivity index (χ1n) is 5.29. The molecule has 9 heteroatoms. The molecule has 0 aliphatic carbocycles. The Balaban J connectivity index is 2.22. The number of carboxylic acids is 1. The minimum Gasteiger partial charge on any atom is -0.478 e. The van der Waals surface area contributed by atoms with Gasteiger partial charge in [0.15, 0.2) is 0 Å². The number of anilines is 1. The molecule has 0 unspecified atom stereocenters. The molecule has 0 bridgehead atoms. The monoisotopic (exact) mass is 281 g/mol. The Hall–Kier alpha value is -2.29. The first-order chi connectivity index (χ1) is 9.00. The van der Waals surface area contributed by atoms with Gasteiger partial charge >= 0.3 is 5.97 Å². The number of rotatable bonds is 4. The fourth-order valence-electron chi connectivity index (χ4n) is 1.51. The number of hydrogen-bond donors (Lipinski definition) is 1. The highest BCUT2D eigenvalue weighted by Crippen LogP contribution is 2.27. The minimum atomic E-state index is -1.10. The molecule has 2 rings (SSSR count). The SMILES string of the molecule is Cc1nsc(N(C)C(=O)Cn2cncn2)c1C(=O)O. The van der Waals surface area contributed by atoms with Crippen molar-refractivity contribution in [2.75, 3.05) is 11.9 Å². The van der Waals surface area contributed by atoms with Crippen LogP contribution in [-0.2, 0) is 11.3 Å². The van der Waals surface area contributed by atoms with E-state index in [4.69, 9.17) is 5.11 Å². The average molecular weight is 281 g/mol.